The van der Waals surface area contributed by atoms with Crippen molar-refractivity contribution in [3.63, 3.8) is 0 Å². The molecule has 1 aliphatic rings. The van der Waals surface area contributed by atoms with E-state index in [4.69, 9.17) is 9.84 Å². The maximum absolute atomic E-state index is 12.1. The van der Waals surface area contributed by atoms with Crippen LogP contribution in [0.15, 0.2) is 18.3 Å². The van der Waals surface area contributed by atoms with Crippen LogP contribution in [0.3, 0.4) is 0 Å². The second-order valence-electron chi connectivity index (χ2n) is 4.52. The first-order chi connectivity index (χ1) is 9.81. The molecule has 2 N–H and O–H groups in total. The summed E-state index contributed by atoms with van der Waals surface area (Å²) in [6, 6.07) is 3.48. The van der Waals surface area contributed by atoms with Crippen LogP contribution in [0.5, 0.6) is 0 Å². The molecule has 20 heavy (non-hydrogen) atoms. The highest BCUT2D eigenvalue weighted by Crippen LogP contribution is 2.11. The summed E-state index contributed by atoms with van der Waals surface area (Å²) in [5.74, 6) is 5.42. The van der Waals surface area contributed by atoms with Gasteiger partial charge in [-0.2, -0.15) is 0 Å². The summed E-state index contributed by atoms with van der Waals surface area (Å²) in [6.07, 6.45) is 4.07. The van der Waals surface area contributed by atoms with Gasteiger partial charge in [-0.1, -0.05) is 11.8 Å². The molecule has 1 saturated heterocycles. The molecule has 5 nitrogen and oxygen atoms in total. The number of carbonyl (C=O) groups excluding carboxylic acids is 1. The summed E-state index contributed by atoms with van der Waals surface area (Å²) < 4.78 is 5.46. The fraction of sp³-hybridized carbons (Fsp3) is 0.467. The van der Waals surface area contributed by atoms with Crippen molar-refractivity contribution in [1.29, 1.82) is 0 Å². The summed E-state index contributed by atoms with van der Waals surface area (Å²) >= 11 is 0. The molecule has 0 saturated carbocycles. The van der Waals surface area contributed by atoms with Gasteiger partial charge in [0.2, 0.25) is 0 Å². The maximum atomic E-state index is 12.1. The quantitative estimate of drug-likeness (QED) is 0.794. The number of rotatable bonds is 4. The molecule has 1 aromatic heterocycles. The fourth-order valence-electron chi connectivity index (χ4n) is 2.00. The molecule has 1 unspecified atom stereocenters. The van der Waals surface area contributed by atoms with Crippen molar-refractivity contribution in [1.82, 2.24) is 10.3 Å². The maximum Gasteiger partial charge on any atom is 0.271 e. The average molecular weight is 274 g/mol. The van der Waals surface area contributed by atoms with Crippen LogP contribution >= 0.6 is 0 Å². The predicted octanol–water partition coefficient (Wildman–Crippen LogP) is 0.724. The fourth-order valence-corrected chi connectivity index (χ4v) is 2.00. The Hall–Kier alpha value is -1.90. The highest BCUT2D eigenvalue weighted by atomic mass is 16.5. The van der Waals surface area contributed by atoms with Gasteiger partial charge in [0.25, 0.3) is 5.91 Å². The van der Waals surface area contributed by atoms with E-state index in [1.807, 2.05) is 0 Å². The Bertz CT molecular complexity index is 513. The van der Waals surface area contributed by atoms with E-state index >= 15 is 0 Å². The molecule has 1 aliphatic heterocycles. The summed E-state index contributed by atoms with van der Waals surface area (Å²) in [6.45, 7) is 1.27. The van der Waals surface area contributed by atoms with E-state index in [1.165, 1.54) is 0 Å². The zero-order valence-corrected chi connectivity index (χ0v) is 11.3. The molecule has 0 radical (unpaired) electrons. The minimum atomic E-state index is -0.241. The zero-order valence-electron chi connectivity index (χ0n) is 11.3. The van der Waals surface area contributed by atoms with Crippen LogP contribution in [0.1, 0.15) is 35.3 Å². The number of nitrogens with one attached hydrogen (secondary N) is 1. The first kappa shape index (κ1) is 14.5. The highest BCUT2D eigenvalue weighted by Gasteiger charge is 2.18. The molecule has 0 bridgehead atoms. The van der Waals surface area contributed by atoms with Crippen LogP contribution in [0.2, 0.25) is 0 Å². The lowest BCUT2D eigenvalue weighted by molar-refractivity contribution is 0.0853. The Morgan fingerprint density at radius 2 is 2.50 bits per heavy atom. The van der Waals surface area contributed by atoms with Gasteiger partial charge >= 0.3 is 0 Å². The largest absolute Gasteiger partial charge is 0.395 e. The van der Waals surface area contributed by atoms with E-state index in [0.717, 1.165) is 19.4 Å². The number of amides is 1. The van der Waals surface area contributed by atoms with Crippen LogP contribution in [0.4, 0.5) is 0 Å². The van der Waals surface area contributed by atoms with Gasteiger partial charge in [-0.15, -0.1) is 0 Å². The normalized spacial score (nSPS) is 17.4. The second kappa shape index (κ2) is 7.63. The molecule has 2 heterocycles. The zero-order chi connectivity index (χ0) is 14.2. The number of carbonyl (C=O) groups is 1. The number of aliphatic hydroxyl groups is 1. The van der Waals surface area contributed by atoms with Crippen molar-refractivity contribution in [3.05, 3.63) is 29.6 Å². The first-order valence-electron chi connectivity index (χ1n) is 6.76. The van der Waals surface area contributed by atoms with Crippen LogP contribution in [0.25, 0.3) is 0 Å². The van der Waals surface area contributed by atoms with Gasteiger partial charge in [-0.3, -0.25) is 4.79 Å². The lowest BCUT2D eigenvalue weighted by Crippen LogP contribution is -2.32. The molecule has 5 heteroatoms. The number of nitrogens with zero attached hydrogens (tertiary/aromatic N) is 1. The van der Waals surface area contributed by atoms with E-state index in [2.05, 4.69) is 22.1 Å². The Morgan fingerprint density at radius 1 is 1.60 bits per heavy atom. The van der Waals surface area contributed by atoms with Crippen LogP contribution in [-0.2, 0) is 4.74 Å². The predicted molar refractivity (Wildman–Crippen MR) is 74.1 cm³/mol. The Labute approximate surface area is 118 Å². The molecule has 106 valence electrons. The van der Waals surface area contributed by atoms with E-state index < -0.39 is 0 Å². The summed E-state index contributed by atoms with van der Waals surface area (Å²) in [7, 11) is 0. The minimum absolute atomic E-state index is 0.00775. The van der Waals surface area contributed by atoms with Crippen molar-refractivity contribution < 1.29 is 14.6 Å². The van der Waals surface area contributed by atoms with Crippen LogP contribution < -0.4 is 5.32 Å². The Kier molecular flexibility index (Phi) is 5.54. The molecule has 1 amide bonds. The van der Waals surface area contributed by atoms with Crippen LogP contribution in [-0.4, -0.2) is 41.9 Å². The molecule has 0 aliphatic carbocycles. The van der Waals surface area contributed by atoms with E-state index in [9.17, 15) is 4.79 Å². The second-order valence-corrected chi connectivity index (χ2v) is 4.52. The Morgan fingerprint density at radius 3 is 3.25 bits per heavy atom. The smallest absolute Gasteiger partial charge is 0.271 e. The molecule has 0 spiro atoms. The van der Waals surface area contributed by atoms with Crippen LogP contribution in [0, 0.1) is 11.8 Å². The van der Waals surface area contributed by atoms with E-state index in [0.29, 0.717) is 24.2 Å². The van der Waals surface area contributed by atoms with Gasteiger partial charge in [0.05, 0.1) is 18.3 Å². The SMILES string of the molecule is O=C(NCC1CCCO1)c1ncccc1C#CCCO. The number of hydrogen-bond donors (Lipinski definition) is 2. The minimum Gasteiger partial charge on any atom is -0.395 e. The Balaban J connectivity index is 1.99. The average Bonchev–Trinajstić information content (AvgIpc) is 2.99. The van der Waals surface area contributed by atoms with Gasteiger partial charge in [0.15, 0.2) is 0 Å². The van der Waals surface area contributed by atoms with Gasteiger partial charge in [0, 0.05) is 25.8 Å². The number of hydrogen-bond acceptors (Lipinski definition) is 4. The van der Waals surface area contributed by atoms with Crippen molar-refractivity contribution in [2.75, 3.05) is 19.8 Å². The lowest BCUT2D eigenvalue weighted by Gasteiger charge is -2.10. The van der Waals surface area contributed by atoms with Gasteiger partial charge in [-0.05, 0) is 25.0 Å². The van der Waals surface area contributed by atoms with Crippen molar-refractivity contribution in [2.24, 2.45) is 0 Å². The first-order valence-corrected chi connectivity index (χ1v) is 6.76. The summed E-state index contributed by atoms with van der Waals surface area (Å²) in [5, 5.41) is 11.5. The molecule has 1 atom stereocenters. The molecule has 1 fully saturated rings. The highest BCUT2D eigenvalue weighted by molar-refractivity contribution is 5.94. The third kappa shape index (κ3) is 4.05. The van der Waals surface area contributed by atoms with Gasteiger partial charge in [0.1, 0.15) is 5.69 Å². The topological polar surface area (TPSA) is 71.5 Å². The number of aromatic nitrogens is 1. The summed E-state index contributed by atoms with van der Waals surface area (Å²) in [5.41, 5.74) is 0.890. The monoisotopic (exact) mass is 274 g/mol. The van der Waals surface area contributed by atoms with Crippen molar-refractivity contribution >= 4 is 5.91 Å². The molecule has 0 aromatic carbocycles. The van der Waals surface area contributed by atoms with Gasteiger partial charge in [-0.25, -0.2) is 4.98 Å². The number of aliphatic hydroxyl groups excluding tert-OH is 1. The van der Waals surface area contributed by atoms with Gasteiger partial charge < -0.3 is 15.2 Å². The third-order valence-electron chi connectivity index (χ3n) is 3.00. The molecule has 2 rings (SSSR count). The third-order valence-corrected chi connectivity index (χ3v) is 3.00. The molecular weight excluding hydrogens is 256 g/mol. The van der Waals surface area contributed by atoms with E-state index in [1.54, 1.807) is 18.3 Å². The van der Waals surface area contributed by atoms with Crippen molar-refractivity contribution in [3.8, 4) is 11.8 Å². The van der Waals surface area contributed by atoms with Crippen molar-refractivity contribution in [2.45, 2.75) is 25.4 Å². The van der Waals surface area contributed by atoms with E-state index in [-0.39, 0.29) is 18.6 Å². The molecular formula is C15H18N2O3. The standard InChI is InChI=1S/C15H18N2O3/c18-9-2-1-5-12-6-3-8-16-14(12)15(19)17-11-13-7-4-10-20-13/h3,6,8,13,18H,2,4,7,9-11H2,(H,17,19). The number of ether oxygens (including phenoxy) is 1. The number of pyridine rings is 1. The lowest BCUT2D eigenvalue weighted by atomic mass is 10.1. The summed E-state index contributed by atoms with van der Waals surface area (Å²) in [4.78, 5) is 16.2. The molecule has 1 aromatic rings.